The highest BCUT2D eigenvalue weighted by Crippen LogP contribution is 2.28. The van der Waals surface area contributed by atoms with Gasteiger partial charge in [0.25, 0.3) is 0 Å². The van der Waals surface area contributed by atoms with E-state index < -0.39 is 0 Å². The zero-order chi connectivity index (χ0) is 14.5. The lowest BCUT2D eigenvalue weighted by Crippen LogP contribution is -2.08. The van der Waals surface area contributed by atoms with Gasteiger partial charge in [-0.25, -0.2) is 4.98 Å². The van der Waals surface area contributed by atoms with Gasteiger partial charge in [0.2, 0.25) is 0 Å². The van der Waals surface area contributed by atoms with Gasteiger partial charge in [-0.1, -0.05) is 18.5 Å². The Morgan fingerprint density at radius 3 is 2.95 bits per heavy atom. The summed E-state index contributed by atoms with van der Waals surface area (Å²) in [6, 6.07) is 5.41. The maximum Gasteiger partial charge on any atom is 0.131 e. The Hall–Kier alpha value is -1.10. The van der Waals surface area contributed by atoms with E-state index in [9.17, 15) is 0 Å². The molecule has 0 saturated heterocycles. The molecule has 2 aromatic rings. The average molecular weight is 311 g/mol. The van der Waals surface area contributed by atoms with Gasteiger partial charge in [0, 0.05) is 22.0 Å². The smallest absolute Gasteiger partial charge is 0.131 e. The predicted molar refractivity (Wildman–Crippen MR) is 84.5 cm³/mol. The van der Waals surface area contributed by atoms with E-state index in [1.54, 1.807) is 11.3 Å². The van der Waals surface area contributed by atoms with Crippen molar-refractivity contribution < 1.29 is 4.74 Å². The van der Waals surface area contributed by atoms with Crippen molar-refractivity contribution in [3.8, 4) is 5.75 Å². The molecule has 1 aromatic carbocycles. The van der Waals surface area contributed by atoms with Crippen LogP contribution >= 0.6 is 22.9 Å². The lowest BCUT2D eigenvalue weighted by molar-refractivity contribution is 0.297. The van der Waals surface area contributed by atoms with Gasteiger partial charge in [0.1, 0.15) is 12.4 Å². The van der Waals surface area contributed by atoms with E-state index in [0.717, 1.165) is 34.9 Å². The average Bonchev–Trinajstić information content (AvgIpc) is 2.85. The fourth-order valence-electron chi connectivity index (χ4n) is 1.90. The van der Waals surface area contributed by atoms with Crippen LogP contribution in [0, 0.1) is 0 Å². The highest BCUT2D eigenvalue weighted by molar-refractivity contribution is 7.09. The number of nitrogens with two attached hydrogens (primary N) is 1. The Morgan fingerprint density at radius 2 is 2.25 bits per heavy atom. The van der Waals surface area contributed by atoms with Crippen molar-refractivity contribution in [3.05, 3.63) is 44.9 Å². The summed E-state index contributed by atoms with van der Waals surface area (Å²) >= 11 is 7.68. The van der Waals surface area contributed by atoms with Crippen LogP contribution in [0.3, 0.4) is 0 Å². The zero-order valence-electron chi connectivity index (χ0n) is 11.7. The van der Waals surface area contributed by atoms with E-state index in [2.05, 4.69) is 11.9 Å². The molecule has 0 aliphatic rings. The molecule has 0 amide bonds. The second kappa shape index (κ2) is 7.07. The Balaban J connectivity index is 2.06. The molecule has 2 N–H and O–H groups in total. The summed E-state index contributed by atoms with van der Waals surface area (Å²) in [6.45, 7) is 4.53. The number of hydrogen-bond donors (Lipinski definition) is 1. The number of thiazole rings is 1. The molecule has 0 bridgehead atoms. The molecule has 0 aliphatic heterocycles. The Morgan fingerprint density at radius 1 is 1.45 bits per heavy atom. The quantitative estimate of drug-likeness (QED) is 0.863. The van der Waals surface area contributed by atoms with Crippen molar-refractivity contribution >= 4 is 22.9 Å². The SMILES string of the molecule is CCCc1nc(COc2ccc(Cl)cc2[C@@H](C)N)cs1. The second-order valence-corrected chi connectivity index (χ2v) is 6.12. The van der Waals surface area contributed by atoms with Crippen molar-refractivity contribution in [2.24, 2.45) is 5.73 Å². The Labute approximate surface area is 128 Å². The third-order valence-corrected chi connectivity index (χ3v) is 4.09. The topological polar surface area (TPSA) is 48.1 Å². The molecule has 1 aromatic heterocycles. The molecular formula is C15H19ClN2OS. The molecular weight excluding hydrogens is 292 g/mol. The molecule has 0 spiro atoms. The summed E-state index contributed by atoms with van der Waals surface area (Å²) in [5.74, 6) is 0.773. The molecule has 0 unspecified atom stereocenters. The first kappa shape index (κ1) is 15.3. The lowest BCUT2D eigenvalue weighted by Gasteiger charge is -2.13. The maximum absolute atomic E-state index is 5.99. The lowest BCUT2D eigenvalue weighted by atomic mass is 10.1. The minimum Gasteiger partial charge on any atom is -0.487 e. The van der Waals surface area contributed by atoms with E-state index in [1.807, 2.05) is 30.5 Å². The first-order chi connectivity index (χ1) is 9.60. The van der Waals surface area contributed by atoms with Gasteiger partial charge in [-0.2, -0.15) is 0 Å². The first-order valence-electron chi connectivity index (χ1n) is 6.71. The molecule has 0 aliphatic carbocycles. The van der Waals surface area contributed by atoms with Crippen LogP contribution in [0.25, 0.3) is 0 Å². The first-order valence-corrected chi connectivity index (χ1v) is 7.97. The standard InChI is InChI=1S/C15H19ClN2OS/c1-3-4-15-18-12(9-20-15)8-19-14-6-5-11(16)7-13(14)10(2)17/h5-7,9-10H,3-4,8,17H2,1-2H3/t10-/m1/s1. The van der Waals surface area contributed by atoms with Crippen molar-refractivity contribution in [1.29, 1.82) is 0 Å². The summed E-state index contributed by atoms with van der Waals surface area (Å²) in [4.78, 5) is 4.54. The van der Waals surface area contributed by atoms with Crippen molar-refractivity contribution in [1.82, 2.24) is 4.98 Å². The molecule has 0 saturated carbocycles. The molecule has 3 nitrogen and oxygen atoms in total. The molecule has 108 valence electrons. The van der Waals surface area contributed by atoms with Crippen LogP contribution in [-0.2, 0) is 13.0 Å². The predicted octanol–water partition coefficient (Wildman–Crippen LogP) is 4.35. The van der Waals surface area contributed by atoms with Gasteiger partial charge in [0.15, 0.2) is 0 Å². The van der Waals surface area contributed by atoms with Gasteiger partial charge >= 0.3 is 0 Å². The monoisotopic (exact) mass is 310 g/mol. The van der Waals surface area contributed by atoms with Gasteiger partial charge in [-0.15, -0.1) is 11.3 Å². The molecule has 0 fully saturated rings. The number of aryl methyl sites for hydroxylation is 1. The molecule has 0 radical (unpaired) electrons. The normalized spacial score (nSPS) is 12.4. The minimum atomic E-state index is -0.116. The summed E-state index contributed by atoms with van der Waals surface area (Å²) in [5.41, 5.74) is 7.82. The van der Waals surface area contributed by atoms with Gasteiger partial charge in [-0.3, -0.25) is 0 Å². The highest BCUT2D eigenvalue weighted by Gasteiger charge is 2.10. The summed E-state index contributed by atoms with van der Waals surface area (Å²) < 4.78 is 5.84. The number of hydrogen-bond acceptors (Lipinski definition) is 4. The zero-order valence-corrected chi connectivity index (χ0v) is 13.3. The van der Waals surface area contributed by atoms with Crippen molar-refractivity contribution in [2.45, 2.75) is 39.3 Å². The number of benzene rings is 1. The van der Waals surface area contributed by atoms with E-state index in [0.29, 0.717) is 11.6 Å². The van der Waals surface area contributed by atoms with Gasteiger partial charge in [0.05, 0.1) is 10.7 Å². The van der Waals surface area contributed by atoms with Crippen molar-refractivity contribution in [3.63, 3.8) is 0 Å². The number of rotatable bonds is 6. The molecule has 20 heavy (non-hydrogen) atoms. The third kappa shape index (κ3) is 3.95. The van der Waals surface area contributed by atoms with Gasteiger partial charge < -0.3 is 10.5 Å². The fraction of sp³-hybridized carbons (Fsp3) is 0.400. The number of halogens is 1. The summed E-state index contributed by atoms with van der Waals surface area (Å²) in [5, 5.41) is 3.88. The second-order valence-electron chi connectivity index (χ2n) is 4.74. The highest BCUT2D eigenvalue weighted by atomic mass is 35.5. The van der Waals surface area contributed by atoms with Crippen LogP contribution in [0.4, 0.5) is 0 Å². The third-order valence-electron chi connectivity index (χ3n) is 2.90. The number of ether oxygens (including phenoxy) is 1. The van der Waals surface area contributed by atoms with E-state index in [4.69, 9.17) is 22.1 Å². The van der Waals surface area contributed by atoms with E-state index in [-0.39, 0.29) is 6.04 Å². The Kier molecular flexibility index (Phi) is 5.40. The van der Waals surface area contributed by atoms with Crippen LogP contribution in [-0.4, -0.2) is 4.98 Å². The maximum atomic E-state index is 5.99. The number of nitrogens with zero attached hydrogens (tertiary/aromatic N) is 1. The van der Waals surface area contributed by atoms with Crippen LogP contribution in [0.1, 0.15) is 42.6 Å². The van der Waals surface area contributed by atoms with Crippen molar-refractivity contribution in [2.75, 3.05) is 0 Å². The summed E-state index contributed by atoms with van der Waals surface area (Å²) in [7, 11) is 0. The minimum absolute atomic E-state index is 0.116. The molecule has 1 atom stereocenters. The van der Waals surface area contributed by atoms with E-state index in [1.165, 1.54) is 0 Å². The Bertz CT molecular complexity index is 569. The largest absolute Gasteiger partial charge is 0.487 e. The van der Waals surface area contributed by atoms with Gasteiger partial charge in [-0.05, 0) is 38.0 Å². The number of aromatic nitrogens is 1. The molecule has 1 heterocycles. The van der Waals surface area contributed by atoms with Crippen LogP contribution in [0.15, 0.2) is 23.6 Å². The van der Waals surface area contributed by atoms with Crippen LogP contribution in [0.5, 0.6) is 5.75 Å². The van der Waals surface area contributed by atoms with E-state index >= 15 is 0 Å². The molecule has 5 heteroatoms. The van der Waals surface area contributed by atoms with Crippen LogP contribution in [0.2, 0.25) is 5.02 Å². The van der Waals surface area contributed by atoms with Crippen LogP contribution < -0.4 is 10.5 Å². The summed E-state index contributed by atoms with van der Waals surface area (Å²) in [6.07, 6.45) is 2.14. The molecule has 2 rings (SSSR count). The fourth-order valence-corrected chi connectivity index (χ4v) is 2.97.